The Bertz CT molecular complexity index is 877. The quantitative estimate of drug-likeness (QED) is 0.694. The van der Waals surface area contributed by atoms with Crippen LogP contribution in [0.3, 0.4) is 0 Å². The topological polar surface area (TPSA) is 24.8 Å². The van der Waals surface area contributed by atoms with Crippen molar-refractivity contribution in [3.63, 3.8) is 0 Å². The molecule has 1 spiro atoms. The van der Waals surface area contributed by atoms with Gasteiger partial charge in [0.2, 0.25) is 5.72 Å². The van der Waals surface area contributed by atoms with Gasteiger partial charge in [-0.15, -0.1) is 0 Å². The van der Waals surface area contributed by atoms with Crippen molar-refractivity contribution in [2.75, 3.05) is 7.05 Å². The van der Waals surface area contributed by atoms with Crippen molar-refractivity contribution in [2.45, 2.75) is 43.9 Å². The normalized spacial score (nSPS) is 38.8. The number of rotatable bonds is 0. The summed E-state index contributed by atoms with van der Waals surface area (Å²) in [5.74, 6) is 3.30. The maximum atomic E-state index is 6.82. The van der Waals surface area contributed by atoms with Crippen LogP contribution in [-0.2, 0) is 0 Å². The Balaban J connectivity index is 1.50. The van der Waals surface area contributed by atoms with Gasteiger partial charge in [0.1, 0.15) is 11.4 Å². The van der Waals surface area contributed by atoms with E-state index in [1.54, 1.807) is 0 Å². The van der Waals surface area contributed by atoms with Crippen LogP contribution in [0.2, 0.25) is 0 Å². The van der Waals surface area contributed by atoms with Gasteiger partial charge in [0.15, 0.2) is 0 Å². The van der Waals surface area contributed by atoms with E-state index >= 15 is 0 Å². The Hall–Kier alpha value is -1.87. The van der Waals surface area contributed by atoms with Crippen LogP contribution in [0.15, 0.2) is 41.4 Å². The second kappa shape index (κ2) is 4.85. The monoisotopic (exact) mass is 332 g/mol. The number of fused-ring (bicyclic) bond motifs is 3. The molecule has 3 aliphatic heterocycles. The predicted molar refractivity (Wildman–Crippen MR) is 101 cm³/mol. The molecule has 2 aliphatic carbocycles. The fourth-order valence-corrected chi connectivity index (χ4v) is 6.20. The van der Waals surface area contributed by atoms with Crippen LogP contribution in [0.5, 0.6) is 5.75 Å². The van der Waals surface area contributed by atoms with E-state index in [1.807, 2.05) is 0 Å². The van der Waals surface area contributed by atoms with Crippen LogP contribution in [0.4, 0.5) is 5.69 Å². The molecular weight excluding hydrogens is 308 g/mol. The fraction of sp³-hybridized carbons (Fsp3) is 0.500. The average Bonchev–Trinajstić information content (AvgIpc) is 2.76. The Kier molecular flexibility index (Phi) is 2.78. The Morgan fingerprint density at radius 3 is 2.64 bits per heavy atom. The van der Waals surface area contributed by atoms with Crippen molar-refractivity contribution < 1.29 is 4.74 Å². The lowest BCUT2D eigenvalue weighted by Gasteiger charge is -2.45. The minimum Gasteiger partial charge on any atom is -0.465 e. The van der Waals surface area contributed by atoms with Gasteiger partial charge in [-0.2, -0.15) is 0 Å². The maximum absolute atomic E-state index is 6.82. The summed E-state index contributed by atoms with van der Waals surface area (Å²) in [6.45, 7) is 0. The molecular formula is C22H24N2O. The van der Waals surface area contributed by atoms with Gasteiger partial charge in [-0.25, -0.2) is 0 Å². The summed E-state index contributed by atoms with van der Waals surface area (Å²) in [6.07, 6.45) is 8.86. The van der Waals surface area contributed by atoms with E-state index < -0.39 is 0 Å². The first-order valence-electron chi connectivity index (χ1n) is 9.72. The molecule has 4 fully saturated rings. The molecule has 3 heterocycles. The number of ether oxygens (including phenoxy) is 1. The van der Waals surface area contributed by atoms with Gasteiger partial charge in [-0.3, -0.25) is 9.89 Å². The summed E-state index contributed by atoms with van der Waals surface area (Å²) in [5.41, 5.74) is 0.658. The van der Waals surface area contributed by atoms with Gasteiger partial charge in [0.05, 0.1) is 6.21 Å². The highest BCUT2D eigenvalue weighted by atomic mass is 16.5. The SMILES string of the molecule is CN1C2C[C@@H]3CC(C[C@H](C2)C3)[C@]12C=Nc1c(ccc3ccccc13)O2. The molecule has 0 aromatic heterocycles. The second-order valence-electron chi connectivity index (χ2n) is 8.62. The van der Waals surface area contributed by atoms with Crippen LogP contribution < -0.4 is 4.74 Å². The van der Waals surface area contributed by atoms with Gasteiger partial charge in [-0.05, 0) is 62.4 Å². The zero-order chi connectivity index (χ0) is 16.6. The second-order valence-corrected chi connectivity index (χ2v) is 8.62. The molecule has 128 valence electrons. The van der Waals surface area contributed by atoms with Gasteiger partial charge in [0.25, 0.3) is 0 Å². The largest absolute Gasteiger partial charge is 0.465 e. The highest BCUT2D eigenvalue weighted by Gasteiger charge is 2.56. The zero-order valence-corrected chi connectivity index (χ0v) is 14.7. The zero-order valence-electron chi connectivity index (χ0n) is 14.7. The van der Waals surface area contributed by atoms with E-state index in [0.717, 1.165) is 23.3 Å². The number of benzene rings is 2. The van der Waals surface area contributed by atoms with Crippen molar-refractivity contribution in [3.8, 4) is 5.75 Å². The highest BCUT2D eigenvalue weighted by molar-refractivity contribution is 5.98. The van der Waals surface area contributed by atoms with Crippen molar-refractivity contribution in [1.29, 1.82) is 0 Å². The molecule has 2 unspecified atom stereocenters. The minimum atomic E-state index is -0.343. The van der Waals surface area contributed by atoms with E-state index in [0.29, 0.717) is 12.0 Å². The molecule has 7 rings (SSSR count). The summed E-state index contributed by atoms with van der Waals surface area (Å²) >= 11 is 0. The van der Waals surface area contributed by atoms with Crippen LogP contribution >= 0.6 is 0 Å². The van der Waals surface area contributed by atoms with Gasteiger partial charge in [0, 0.05) is 17.3 Å². The summed E-state index contributed by atoms with van der Waals surface area (Å²) < 4.78 is 6.82. The molecule has 5 atom stereocenters. The molecule has 3 nitrogen and oxygen atoms in total. The Morgan fingerprint density at radius 1 is 1.00 bits per heavy atom. The van der Waals surface area contributed by atoms with Crippen molar-refractivity contribution >= 4 is 22.7 Å². The van der Waals surface area contributed by atoms with Gasteiger partial charge in [-0.1, -0.05) is 30.3 Å². The number of aliphatic imine (C=N–C) groups is 1. The third kappa shape index (κ3) is 1.88. The average molecular weight is 332 g/mol. The van der Waals surface area contributed by atoms with Gasteiger partial charge >= 0.3 is 0 Å². The van der Waals surface area contributed by atoms with Crippen LogP contribution in [0, 0.1) is 17.8 Å². The number of hydrogen-bond donors (Lipinski definition) is 0. The molecule has 2 saturated heterocycles. The third-order valence-corrected chi connectivity index (χ3v) is 7.31. The third-order valence-electron chi connectivity index (χ3n) is 7.31. The summed E-state index contributed by atoms with van der Waals surface area (Å²) in [6, 6.07) is 13.4. The van der Waals surface area contributed by atoms with Crippen LogP contribution in [-0.4, -0.2) is 29.9 Å². The standard InChI is InChI=1S/C22H24N2O/c1-24-18-11-14-8-15(12-18)10-17(9-14)22(24)13-23-21-19-5-3-2-4-16(19)6-7-20(21)25-22/h2-7,13-15,17-18H,8-12H2,1H3/t14-,15+,17?,18?,22-/m1/s1. The summed E-state index contributed by atoms with van der Waals surface area (Å²) in [5, 5.41) is 2.42. The molecule has 2 saturated carbocycles. The van der Waals surface area contributed by atoms with Crippen molar-refractivity contribution in [1.82, 2.24) is 4.90 Å². The molecule has 0 radical (unpaired) electrons. The lowest BCUT2D eigenvalue weighted by Crippen LogP contribution is -2.59. The van der Waals surface area contributed by atoms with Crippen LogP contribution in [0.25, 0.3) is 10.8 Å². The number of hydrogen-bond acceptors (Lipinski definition) is 3. The van der Waals surface area contributed by atoms with E-state index in [2.05, 4.69) is 54.6 Å². The minimum absolute atomic E-state index is 0.343. The van der Waals surface area contributed by atoms with E-state index in [9.17, 15) is 0 Å². The fourth-order valence-electron chi connectivity index (χ4n) is 6.20. The Labute approximate surface area is 148 Å². The maximum Gasteiger partial charge on any atom is 0.202 e. The first-order valence-corrected chi connectivity index (χ1v) is 9.72. The first-order chi connectivity index (χ1) is 12.2. The lowest BCUT2D eigenvalue weighted by atomic mass is 9.67. The molecule has 3 heteroatoms. The summed E-state index contributed by atoms with van der Waals surface area (Å²) in [4.78, 5) is 7.53. The van der Waals surface area contributed by atoms with Crippen LogP contribution in [0.1, 0.15) is 32.1 Å². The van der Waals surface area contributed by atoms with E-state index in [-0.39, 0.29) is 5.72 Å². The first kappa shape index (κ1) is 14.3. The number of nitrogens with zero attached hydrogens (tertiary/aromatic N) is 2. The molecule has 0 N–H and O–H groups in total. The van der Waals surface area contributed by atoms with Gasteiger partial charge < -0.3 is 4.74 Å². The lowest BCUT2D eigenvalue weighted by molar-refractivity contribution is -0.0623. The predicted octanol–water partition coefficient (Wildman–Crippen LogP) is 4.77. The smallest absolute Gasteiger partial charge is 0.202 e. The summed E-state index contributed by atoms with van der Waals surface area (Å²) in [7, 11) is 2.27. The van der Waals surface area contributed by atoms with E-state index in [1.165, 1.54) is 42.9 Å². The van der Waals surface area contributed by atoms with Crippen molar-refractivity contribution in [3.05, 3.63) is 36.4 Å². The Morgan fingerprint density at radius 2 is 1.80 bits per heavy atom. The molecule has 4 bridgehead atoms. The van der Waals surface area contributed by atoms with Crippen molar-refractivity contribution in [2.24, 2.45) is 22.7 Å². The molecule has 2 aromatic carbocycles. The highest BCUT2D eigenvalue weighted by Crippen LogP contribution is 2.55. The molecule has 0 amide bonds. The molecule has 2 aromatic rings. The molecule has 5 aliphatic rings. The van der Waals surface area contributed by atoms with E-state index in [4.69, 9.17) is 9.73 Å². The molecule has 25 heavy (non-hydrogen) atoms.